The molecular weight excluding hydrogens is 408 g/mol. The van der Waals surface area contributed by atoms with Gasteiger partial charge in [-0.25, -0.2) is 13.2 Å². The van der Waals surface area contributed by atoms with Gasteiger partial charge in [0.1, 0.15) is 0 Å². The molecule has 2 atom stereocenters. The molecule has 30 heavy (non-hydrogen) atoms. The average molecular weight is 435 g/mol. The molecule has 0 spiro atoms. The van der Waals surface area contributed by atoms with Crippen LogP contribution in [0.4, 0.5) is 10.5 Å². The molecule has 0 saturated heterocycles. The number of hydrogen-bond acceptors (Lipinski definition) is 5. The van der Waals surface area contributed by atoms with Crippen LogP contribution in [-0.4, -0.2) is 51.0 Å². The SMILES string of the molecule is COc1cc2c(cc1OC)N(S(C)(=O)=O)C(C)CC2N(Cc1ccccc1)C(=O)O. The first-order chi connectivity index (χ1) is 14.2. The number of amides is 1. The Balaban J connectivity index is 2.17. The highest BCUT2D eigenvalue weighted by Crippen LogP contribution is 2.46. The Labute approximate surface area is 176 Å². The van der Waals surface area contributed by atoms with E-state index in [0.717, 1.165) is 11.8 Å². The Morgan fingerprint density at radius 1 is 1.17 bits per heavy atom. The van der Waals surface area contributed by atoms with Gasteiger partial charge in [0, 0.05) is 24.2 Å². The third-order valence-corrected chi connectivity index (χ3v) is 6.54. The lowest BCUT2D eigenvalue weighted by Gasteiger charge is -2.42. The summed E-state index contributed by atoms with van der Waals surface area (Å²) in [4.78, 5) is 13.6. The number of benzene rings is 2. The highest BCUT2D eigenvalue weighted by molar-refractivity contribution is 7.92. The van der Waals surface area contributed by atoms with Crippen LogP contribution >= 0.6 is 0 Å². The fourth-order valence-corrected chi connectivity index (χ4v) is 5.27. The van der Waals surface area contributed by atoms with E-state index in [4.69, 9.17) is 9.47 Å². The van der Waals surface area contributed by atoms with Crippen molar-refractivity contribution in [2.24, 2.45) is 0 Å². The second kappa shape index (κ2) is 8.43. The third kappa shape index (κ3) is 4.16. The van der Waals surface area contributed by atoms with Gasteiger partial charge in [-0.05, 0) is 25.0 Å². The predicted octanol–water partition coefficient (Wildman–Crippen LogP) is 3.48. The van der Waals surface area contributed by atoms with Gasteiger partial charge in [0.05, 0.1) is 32.2 Å². The fourth-order valence-electron chi connectivity index (χ4n) is 4.02. The number of nitrogens with zero attached hydrogens (tertiary/aromatic N) is 2. The van der Waals surface area contributed by atoms with E-state index in [1.807, 2.05) is 30.3 Å². The minimum Gasteiger partial charge on any atom is -0.493 e. The Hall–Kier alpha value is -2.94. The zero-order valence-corrected chi connectivity index (χ0v) is 18.2. The molecule has 1 amide bonds. The minimum atomic E-state index is -3.59. The van der Waals surface area contributed by atoms with E-state index in [2.05, 4.69) is 0 Å². The van der Waals surface area contributed by atoms with Crippen LogP contribution in [-0.2, 0) is 16.6 Å². The van der Waals surface area contributed by atoms with Crippen LogP contribution in [0.15, 0.2) is 42.5 Å². The number of carbonyl (C=O) groups is 1. The van der Waals surface area contributed by atoms with Gasteiger partial charge in [-0.3, -0.25) is 9.21 Å². The first-order valence-corrected chi connectivity index (χ1v) is 11.3. The van der Waals surface area contributed by atoms with Crippen LogP contribution in [0.25, 0.3) is 0 Å². The fraction of sp³-hybridized carbons (Fsp3) is 0.381. The number of anilines is 1. The summed E-state index contributed by atoms with van der Waals surface area (Å²) >= 11 is 0. The maximum absolute atomic E-state index is 12.5. The van der Waals surface area contributed by atoms with E-state index in [0.29, 0.717) is 29.2 Å². The number of methoxy groups -OCH3 is 2. The molecule has 3 rings (SSSR count). The van der Waals surface area contributed by atoms with Crippen LogP contribution in [0.5, 0.6) is 11.5 Å². The summed E-state index contributed by atoms with van der Waals surface area (Å²) in [7, 11) is -0.636. The monoisotopic (exact) mass is 434 g/mol. The summed E-state index contributed by atoms with van der Waals surface area (Å²) in [5.41, 5.74) is 1.81. The Bertz CT molecular complexity index is 1030. The molecule has 9 heteroatoms. The van der Waals surface area contributed by atoms with E-state index in [-0.39, 0.29) is 6.54 Å². The van der Waals surface area contributed by atoms with Crippen LogP contribution in [0.1, 0.15) is 30.5 Å². The largest absolute Gasteiger partial charge is 0.493 e. The highest BCUT2D eigenvalue weighted by atomic mass is 32.2. The van der Waals surface area contributed by atoms with E-state index in [1.54, 1.807) is 19.1 Å². The van der Waals surface area contributed by atoms with Gasteiger partial charge in [-0.1, -0.05) is 30.3 Å². The van der Waals surface area contributed by atoms with Gasteiger partial charge >= 0.3 is 6.09 Å². The zero-order chi connectivity index (χ0) is 22.1. The Kier molecular flexibility index (Phi) is 6.12. The van der Waals surface area contributed by atoms with Crippen molar-refractivity contribution in [2.75, 3.05) is 24.8 Å². The first-order valence-electron chi connectivity index (χ1n) is 9.46. The number of rotatable bonds is 6. The number of carboxylic acid groups (broad SMARTS) is 1. The summed E-state index contributed by atoms with van der Waals surface area (Å²) in [5.74, 6) is 0.789. The molecule has 0 bridgehead atoms. The van der Waals surface area contributed by atoms with Crippen molar-refractivity contribution in [2.45, 2.75) is 32.0 Å². The molecule has 2 aromatic carbocycles. The number of fused-ring (bicyclic) bond motifs is 1. The average Bonchev–Trinajstić information content (AvgIpc) is 2.70. The summed E-state index contributed by atoms with van der Waals surface area (Å²) in [6.07, 6.45) is 0.377. The number of sulfonamides is 1. The van der Waals surface area contributed by atoms with Gasteiger partial charge in [-0.15, -0.1) is 0 Å². The summed E-state index contributed by atoms with van der Waals surface area (Å²) in [6.45, 7) is 1.95. The Morgan fingerprint density at radius 3 is 2.30 bits per heavy atom. The maximum atomic E-state index is 12.5. The van der Waals surface area contributed by atoms with Gasteiger partial charge in [-0.2, -0.15) is 0 Å². The molecule has 1 aliphatic rings. The lowest BCUT2D eigenvalue weighted by molar-refractivity contribution is 0.114. The van der Waals surface area contributed by atoms with Crippen molar-refractivity contribution in [1.29, 1.82) is 0 Å². The standard InChI is InChI=1S/C21H26N2O6S/c1-14-10-17(22(21(24)25)13-15-8-6-5-7-9-15)16-11-19(28-2)20(29-3)12-18(16)23(14)30(4,26)27/h5-9,11-12,14,17H,10,13H2,1-4H3,(H,24,25). The molecule has 8 nitrogen and oxygen atoms in total. The molecular formula is C21H26N2O6S. The predicted molar refractivity (Wildman–Crippen MR) is 114 cm³/mol. The quantitative estimate of drug-likeness (QED) is 0.748. The molecule has 0 saturated carbocycles. The molecule has 0 fully saturated rings. The van der Waals surface area contributed by atoms with Crippen LogP contribution in [0, 0.1) is 0 Å². The van der Waals surface area contributed by atoms with Crippen LogP contribution in [0.2, 0.25) is 0 Å². The molecule has 1 heterocycles. The van der Waals surface area contributed by atoms with Crippen molar-refractivity contribution in [3.05, 3.63) is 53.6 Å². The van der Waals surface area contributed by atoms with Gasteiger partial charge in [0.2, 0.25) is 10.0 Å². The first kappa shape index (κ1) is 21.8. The lowest BCUT2D eigenvalue weighted by atomic mass is 9.91. The molecule has 0 aromatic heterocycles. The lowest BCUT2D eigenvalue weighted by Crippen LogP contribution is -2.46. The second-order valence-electron chi connectivity index (χ2n) is 7.32. The molecule has 2 unspecified atom stereocenters. The van der Waals surface area contributed by atoms with E-state index in [1.165, 1.54) is 23.4 Å². The van der Waals surface area contributed by atoms with Gasteiger partial charge in [0.15, 0.2) is 11.5 Å². The normalized spacial score (nSPS) is 18.5. The molecule has 0 aliphatic carbocycles. The van der Waals surface area contributed by atoms with E-state index >= 15 is 0 Å². The van der Waals surface area contributed by atoms with E-state index < -0.39 is 28.2 Å². The van der Waals surface area contributed by atoms with Crippen molar-refractivity contribution in [3.8, 4) is 11.5 Å². The topological polar surface area (TPSA) is 96.4 Å². The molecule has 1 N–H and O–H groups in total. The number of ether oxygens (including phenoxy) is 2. The van der Waals surface area contributed by atoms with Crippen molar-refractivity contribution >= 4 is 21.8 Å². The van der Waals surface area contributed by atoms with Crippen molar-refractivity contribution in [3.63, 3.8) is 0 Å². The number of hydrogen-bond donors (Lipinski definition) is 1. The zero-order valence-electron chi connectivity index (χ0n) is 17.4. The smallest absolute Gasteiger partial charge is 0.408 e. The van der Waals surface area contributed by atoms with Gasteiger partial charge in [0.25, 0.3) is 0 Å². The maximum Gasteiger partial charge on any atom is 0.408 e. The molecule has 0 radical (unpaired) electrons. The minimum absolute atomic E-state index is 0.181. The van der Waals surface area contributed by atoms with Crippen molar-refractivity contribution < 1.29 is 27.8 Å². The third-order valence-electron chi connectivity index (χ3n) is 5.27. The molecule has 162 valence electrons. The highest BCUT2D eigenvalue weighted by Gasteiger charge is 2.40. The van der Waals surface area contributed by atoms with E-state index in [9.17, 15) is 18.3 Å². The summed E-state index contributed by atoms with van der Waals surface area (Å²) in [5, 5.41) is 9.99. The van der Waals surface area contributed by atoms with Crippen molar-refractivity contribution in [1.82, 2.24) is 4.90 Å². The summed E-state index contributed by atoms with van der Waals surface area (Å²) < 4.78 is 37.2. The summed E-state index contributed by atoms with van der Waals surface area (Å²) in [6, 6.07) is 11.6. The van der Waals surface area contributed by atoms with Gasteiger partial charge < -0.3 is 14.6 Å². The van der Waals surface area contributed by atoms with Crippen LogP contribution < -0.4 is 13.8 Å². The Morgan fingerprint density at radius 2 is 1.77 bits per heavy atom. The van der Waals surface area contributed by atoms with Crippen LogP contribution in [0.3, 0.4) is 0 Å². The molecule has 2 aromatic rings. The second-order valence-corrected chi connectivity index (χ2v) is 9.18. The molecule has 1 aliphatic heterocycles.